The van der Waals surface area contributed by atoms with Gasteiger partial charge in [-0.15, -0.1) is 11.3 Å². The van der Waals surface area contributed by atoms with E-state index in [0.717, 1.165) is 26.6 Å². The number of nitrogens with zero attached hydrogens (tertiary/aromatic N) is 2. The predicted octanol–water partition coefficient (Wildman–Crippen LogP) is 3.50. The van der Waals surface area contributed by atoms with Crippen molar-refractivity contribution in [1.82, 2.24) is 15.3 Å². The summed E-state index contributed by atoms with van der Waals surface area (Å²) in [4.78, 5) is 20.9. The molecule has 5 nitrogen and oxygen atoms in total. The Morgan fingerprint density at radius 1 is 1.33 bits per heavy atom. The van der Waals surface area contributed by atoms with Gasteiger partial charge in [-0.25, -0.2) is 9.97 Å². The van der Waals surface area contributed by atoms with E-state index in [-0.39, 0.29) is 11.2 Å². The molecule has 1 N–H and O–H groups in total. The highest BCUT2D eigenvalue weighted by atomic mass is 32.2. The predicted molar refractivity (Wildman–Crippen MR) is 97.6 cm³/mol. The Balaban J connectivity index is 1.64. The molecular formula is C17H17N3O2S2. The molecule has 3 aromatic rings. The van der Waals surface area contributed by atoms with Crippen molar-refractivity contribution in [2.45, 2.75) is 23.7 Å². The lowest BCUT2D eigenvalue weighted by Gasteiger charge is -2.13. The second-order valence-corrected chi connectivity index (χ2v) is 7.35. The van der Waals surface area contributed by atoms with Crippen LogP contribution in [0.3, 0.4) is 0 Å². The van der Waals surface area contributed by atoms with Crippen LogP contribution in [0, 0.1) is 0 Å². The summed E-state index contributed by atoms with van der Waals surface area (Å²) < 4.78 is 6.32. The molecule has 0 radical (unpaired) electrons. The number of aromatic nitrogens is 2. The molecule has 0 bridgehead atoms. The summed E-state index contributed by atoms with van der Waals surface area (Å²) in [5.41, 5.74) is 1.87. The number of methoxy groups -OCH3 is 1. The Morgan fingerprint density at radius 3 is 3.00 bits per heavy atom. The highest BCUT2D eigenvalue weighted by Gasteiger charge is 2.17. The summed E-state index contributed by atoms with van der Waals surface area (Å²) in [6.07, 6.45) is 1.54. The van der Waals surface area contributed by atoms with Gasteiger partial charge in [0.15, 0.2) is 0 Å². The van der Waals surface area contributed by atoms with Crippen molar-refractivity contribution in [2.75, 3.05) is 7.11 Å². The van der Waals surface area contributed by atoms with Crippen molar-refractivity contribution in [2.24, 2.45) is 0 Å². The van der Waals surface area contributed by atoms with E-state index in [1.165, 1.54) is 18.1 Å². The first-order valence-electron chi connectivity index (χ1n) is 7.43. The third kappa shape index (κ3) is 3.68. The van der Waals surface area contributed by atoms with Crippen LogP contribution < -0.4 is 10.1 Å². The summed E-state index contributed by atoms with van der Waals surface area (Å²) in [6.45, 7) is 2.32. The number of para-hydroxylation sites is 1. The topological polar surface area (TPSA) is 64.1 Å². The number of amides is 1. The lowest BCUT2D eigenvalue weighted by atomic mass is 10.2. The zero-order valence-electron chi connectivity index (χ0n) is 13.4. The highest BCUT2D eigenvalue weighted by Crippen LogP contribution is 2.31. The van der Waals surface area contributed by atoms with Crippen molar-refractivity contribution in [3.63, 3.8) is 0 Å². The van der Waals surface area contributed by atoms with E-state index in [1.54, 1.807) is 18.4 Å². The maximum atomic E-state index is 12.4. The van der Waals surface area contributed by atoms with Crippen molar-refractivity contribution in [3.05, 3.63) is 47.6 Å². The zero-order valence-corrected chi connectivity index (χ0v) is 15.0. The first-order chi connectivity index (χ1) is 11.7. The highest BCUT2D eigenvalue weighted by molar-refractivity contribution is 8.00. The Labute approximate surface area is 148 Å². The molecule has 2 aromatic heterocycles. The minimum absolute atomic E-state index is 0.0331. The summed E-state index contributed by atoms with van der Waals surface area (Å²) in [7, 11) is 1.63. The second kappa shape index (κ2) is 7.63. The molecule has 0 spiro atoms. The van der Waals surface area contributed by atoms with Gasteiger partial charge in [0.05, 0.1) is 22.6 Å². The SMILES string of the molecule is COc1ccccc1CNC(=O)[C@@H](C)Sc1ncnc2ccsc12. The van der Waals surface area contributed by atoms with Gasteiger partial charge < -0.3 is 10.1 Å². The first kappa shape index (κ1) is 16.7. The van der Waals surface area contributed by atoms with Gasteiger partial charge in [0.1, 0.15) is 17.1 Å². The van der Waals surface area contributed by atoms with Gasteiger partial charge >= 0.3 is 0 Å². The molecule has 1 amide bonds. The number of nitrogens with one attached hydrogen (secondary N) is 1. The van der Waals surface area contributed by atoms with Crippen LogP contribution in [0.15, 0.2) is 47.1 Å². The number of thioether (sulfide) groups is 1. The molecule has 0 fully saturated rings. The minimum Gasteiger partial charge on any atom is -0.496 e. The van der Waals surface area contributed by atoms with Crippen molar-refractivity contribution in [3.8, 4) is 5.75 Å². The molecule has 0 aliphatic rings. The number of thiophene rings is 1. The summed E-state index contributed by atoms with van der Waals surface area (Å²) in [5.74, 6) is 0.739. The van der Waals surface area contributed by atoms with Crippen LogP contribution >= 0.6 is 23.1 Å². The van der Waals surface area contributed by atoms with E-state index in [1.807, 2.05) is 42.6 Å². The normalized spacial score (nSPS) is 12.1. The lowest BCUT2D eigenvalue weighted by molar-refractivity contribution is -0.120. The van der Waals surface area contributed by atoms with Gasteiger partial charge in [-0.2, -0.15) is 0 Å². The number of carbonyl (C=O) groups is 1. The quantitative estimate of drug-likeness (QED) is 0.539. The number of benzene rings is 1. The molecule has 2 heterocycles. The Hall–Kier alpha value is -2.12. The van der Waals surface area contributed by atoms with Crippen LogP contribution in [0.1, 0.15) is 12.5 Å². The number of rotatable bonds is 6. The Kier molecular flexibility index (Phi) is 5.32. The number of ether oxygens (including phenoxy) is 1. The molecule has 124 valence electrons. The van der Waals surface area contributed by atoms with Gasteiger partial charge in [0.2, 0.25) is 5.91 Å². The standard InChI is InChI=1S/C17H17N3O2S2/c1-11(24-17-15-13(7-8-23-15)19-10-20-17)16(21)18-9-12-5-3-4-6-14(12)22-2/h3-8,10-11H,9H2,1-2H3,(H,18,21)/t11-/m1/s1. The fourth-order valence-corrected chi connectivity index (χ4v) is 4.11. The Morgan fingerprint density at radius 2 is 2.17 bits per heavy atom. The summed E-state index contributed by atoms with van der Waals surface area (Å²) >= 11 is 3.04. The third-order valence-electron chi connectivity index (χ3n) is 3.51. The molecule has 0 unspecified atom stereocenters. The van der Waals surface area contributed by atoms with Crippen LogP contribution in [0.25, 0.3) is 10.2 Å². The fraction of sp³-hybridized carbons (Fsp3) is 0.235. The van der Waals surface area contributed by atoms with Gasteiger partial charge in [-0.3, -0.25) is 4.79 Å². The summed E-state index contributed by atoms with van der Waals surface area (Å²) in [6, 6.07) is 9.61. The van der Waals surface area contributed by atoms with E-state index < -0.39 is 0 Å². The average molecular weight is 359 g/mol. The maximum Gasteiger partial charge on any atom is 0.233 e. The maximum absolute atomic E-state index is 12.4. The molecule has 0 aliphatic heterocycles. The van der Waals surface area contributed by atoms with Crippen molar-refractivity contribution < 1.29 is 9.53 Å². The van der Waals surface area contributed by atoms with Gasteiger partial charge in [0.25, 0.3) is 0 Å². The molecule has 24 heavy (non-hydrogen) atoms. The molecular weight excluding hydrogens is 342 g/mol. The van der Waals surface area contributed by atoms with Crippen LogP contribution in [0.4, 0.5) is 0 Å². The largest absolute Gasteiger partial charge is 0.496 e. The van der Waals surface area contributed by atoms with E-state index in [9.17, 15) is 4.79 Å². The van der Waals surface area contributed by atoms with E-state index >= 15 is 0 Å². The average Bonchev–Trinajstić information content (AvgIpc) is 3.09. The number of hydrogen-bond acceptors (Lipinski definition) is 6. The van der Waals surface area contributed by atoms with Crippen LogP contribution in [0.2, 0.25) is 0 Å². The molecule has 1 atom stereocenters. The van der Waals surface area contributed by atoms with Crippen molar-refractivity contribution >= 4 is 39.2 Å². The Bertz CT molecular complexity index is 850. The number of hydrogen-bond donors (Lipinski definition) is 1. The number of carbonyl (C=O) groups excluding carboxylic acids is 1. The van der Waals surface area contributed by atoms with E-state index in [2.05, 4.69) is 15.3 Å². The fourth-order valence-electron chi connectivity index (χ4n) is 2.25. The lowest BCUT2D eigenvalue weighted by Crippen LogP contribution is -2.30. The van der Waals surface area contributed by atoms with Crippen molar-refractivity contribution in [1.29, 1.82) is 0 Å². The van der Waals surface area contributed by atoms with Gasteiger partial charge in [0, 0.05) is 12.1 Å². The molecule has 3 rings (SSSR count). The summed E-state index contributed by atoms with van der Waals surface area (Å²) in [5, 5.41) is 5.53. The van der Waals surface area contributed by atoms with E-state index in [4.69, 9.17) is 4.74 Å². The minimum atomic E-state index is -0.250. The van der Waals surface area contributed by atoms with Crippen LogP contribution in [-0.2, 0) is 11.3 Å². The smallest absolute Gasteiger partial charge is 0.233 e. The monoisotopic (exact) mass is 359 g/mol. The molecule has 0 saturated carbocycles. The second-order valence-electron chi connectivity index (χ2n) is 5.10. The molecule has 1 aromatic carbocycles. The van der Waals surface area contributed by atoms with Gasteiger partial charge in [-0.05, 0) is 24.4 Å². The third-order valence-corrected chi connectivity index (χ3v) is 5.65. The van der Waals surface area contributed by atoms with E-state index in [0.29, 0.717) is 6.54 Å². The molecule has 0 saturated heterocycles. The van der Waals surface area contributed by atoms with Crippen LogP contribution in [0.5, 0.6) is 5.75 Å². The molecule has 0 aliphatic carbocycles. The van der Waals surface area contributed by atoms with Gasteiger partial charge in [-0.1, -0.05) is 30.0 Å². The van der Waals surface area contributed by atoms with Crippen LogP contribution in [-0.4, -0.2) is 28.2 Å². The zero-order chi connectivity index (χ0) is 16.9. The first-order valence-corrected chi connectivity index (χ1v) is 9.19. The molecule has 7 heteroatoms. The number of fused-ring (bicyclic) bond motifs is 1.